The molecule has 0 atom stereocenters. The van der Waals surface area contributed by atoms with E-state index in [1.807, 2.05) is 60.3 Å². The second-order valence-electron chi connectivity index (χ2n) is 6.78. The van der Waals surface area contributed by atoms with Crippen molar-refractivity contribution >= 4 is 29.1 Å². The summed E-state index contributed by atoms with van der Waals surface area (Å²) in [6.45, 7) is 2.60. The van der Waals surface area contributed by atoms with Gasteiger partial charge in [-0.1, -0.05) is 29.8 Å². The Labute approximate surface area is 179 Å². The Balaban J connectivity index is 1.59. The lowest BCUT2D eigenvalue weighted by Gasteiger charge is -2.13. The summed E-state index contributed by atoms with van der Waals surface area (Å²) in [5.74, 6) is 1.40. The van der Waals surface area contributed by atoms with Crippen molar-refractivity contribution in [1.82, 2.24) is 19.7 Å². The summed E-state index contributed by atoms with van der Waals surface area (Å²) < 4.78 is 7.20. The molecule has 0 unspecified atom stereocenters. The van der Waals surface area contributed by atoms with Gasteiger partial charge in [-0.25, -0.2) is 4.98 Å². The summed E-state index contributed by atoms with van der Waals surface area (Å²) in [6, 6.07) is 15.4. The Bertz CT molecular complexity index is 1160. The largest absolute Gasteiger partial charge is 0.495 e. The van der Waals surface area contributed by atoms with Crippen LogP contribution in [0, 0.1) is 6.92 Å². The fraction of sp³-hybridized carbons (Fsp3) is 0.136. The number of nitrogen functional groups attached to an aromatic ring is 1. The highest BCUT2D eigenvalue weighted by molar-refractivity contribution is 6.32. The van der Waals surface area contributed by atoms with E-state index in [1.54, 1.807) is 19.4 Å². The number of benzene rings is 2. The zero-order valence-corrected chi connectivity index (χ0v) is 17.4. The van der Waals surface area contributed by atoms with E-state index in [1.165, 1.54) is 0 Å². The monoisotopic (exact) mass is 420 g/mol. The van der Waals surface area contributed by atoms with E-state index in [0.717, 1.165) is 28.1 Å². The first-order chi connectivity index (χ1) is 14.5. The third kappa shape index (κ3) is 4.21. The molecule has 0 saturated heterocycles. The maximum absolute atomic E-state index is 6.15. The average Bonchev–Trinajstić information content (AvgIpc) is 3.25. The lowest BCUT2D eigenvalue weighted by molar-refractivity contribution is 0.415. The minimum Gasteiger partial charge on any atom is -0.495 e. The first-order valence-corrected chi connectivity index (χ1v) is 9.72. The molecule has 2 aromatic heterocycles. The van der Waals surface area contributed by atoms with Gasteiger partial charge >= 0.3 is 0 Å². The number of halogens is 1. The Morgan fingerprint density at radius 1 is 1.13 bits per heavy atom. The van der Waals surface area contributed by atoms with Crippen LogP contribution in [0.15, 0.2) is 60.9 Å². The van der Waals surface area contributed by atoms with Gasteiger partial charge in [-0.05, 0) is 42.8 Å². The second kappa shape index (κ2) is 8.42. The van der Waals surface area contributed by atoms with Crippen LogP contribution >= 0.6 is 11.6 Å². The van der Waals surface area contributed by atoms with Crippen LogP contribution in [-0.2, 0) is 6.54 Å². The smallest absolute Gasteiger partial charge is 0.229 e. The fourth-order valence-corrected chi connectivity index (χ4v) is 3.28. The molecule has 0 spiro atoms. The van der Waals surface area contributed by atoms with Crippen LogP contribution in [0.1, 0.15) is 11.1 Å². The highest BCUT2D eigenvalue weighted by Crippen LogP contribution is 2.33. The van der Waals surface area contributed by atoms with E-state index in [4.69, 9.17) is 22.1 Å². The first kappa shape index (κ1) is 19.7. The predicted octanol–water partition coefficient (Wildman–Crippen LogP) is 4.68. The molecular formula is C22H21ClN6O. The van der Waals surface area contributed by atoms with Gasteiger partial charge in [-0.2, -0.15) is 10.1 Å². The van der Waals surface area contributed by atoms with Gasteiger partial charge in [0.05, 0.1) is 24.4 Å². The maximum atomic E-state index is 6.15. The molecule has 0 radical (unpaired) electrons. The van der Waals surface area contributed by atoms with Crippen LogP contribution < -0.4 is 15.8 Å². The fourth-order valence-electron chi connectivity index (χ4n) is 3.08. The molecule has 0 bridgehead atoms. The molecule has 0 aliphatic heterocycles. The Hall–Kier alpha value is -3.58. The van der Waals surface area contributed by atoms with Crippen molar-refractivity contribution in [3.8, 4) is 17.0 Å². The van der Waals surface area contributed by atoms with Gasteiger partial charge in [0.2, 0.25) is 5.95 Å². The summed E-state index contributed by atoms with van der Waals surface area (Å²) in [5.41, 5.74) is 10.5. The number of ether oxygens (including phenoxy) is 1. The molecule has 152 valence electrons. The lowest BCUT2D eigenvalue weighted by Crippen LogP contribution is -2.05. The minimum atomic E-state index is 0.409. The Morgan fingerprint density at radius 3 is 2.63 bits per heavy atom. The van der Waals surface area contributed by atoms with Crippen molar-refractivity contribution < 1.29 is 4.74 Å². The van der Waals surface area contributed by atoms with Crippen LogP contribution in [-0.4, -0.2) is 26.9 Å². The molecule has 0 amide bonds. The van der Waals surface area contributed by atoms with Gasteiger partial charge in [0.1, 0.15) is 11.6 Å². The molecule has 0 aliphatic carbocycles. The molecule has 4 rings (SSSR count). The SMILES string of the molecule is COc1cc(-c2nc(Nc3ccc(Cn4cccn4)cc3)nc(N)c2C)ccc1Cl. The van der Waals surface area contributed by atoms with Gasteiger partial charge in [-0.3, -0.25) is 4.68 Å². The van der Waals surface area contributed by atoms with E-state index in [2.05, 4.69) is 20.4 Å². The maximum Gasteiger partial charge on any atom is 0.229 e. The molecule has 0 aliphatic rings. The topological polar surface area (TPSA) is 90.9 Å². The van der Waals surface area contributed by atoms with Crippen molar-refractivity contribution in [2.24, 2.45) is 0 Å². The van der Waals surface area contributed by atoms with E-state index in [9.17, 15) is 0 Å². The molecule has 30 heavy (non-hydrogen) atoms. The number of methoxy groups -OCH3 is 1. The number of hydrogen-bond donors (Lipinski definition) is 2. The van der Waals surface area contributed by atoms with Crippen molar-refractivity contribution in [3.05, 3.63) is 77.1 Å². The quantitative estimate of drug-likeness (QED) is 0.470. The summed E-state index contributed by atoms with van der Waals surface area (Å²) in [7, 11) is 1.58. The van der Waals surface area contributed by atoms with E-state index >= 15 is 0 Å². The van der Waals surface area contributed by atoms with Crippen molar-refractivity contribution in [3.63, 3.8) is 0 Å². The molecule has 4 aromatic rings. The summed E-state index contributed by atoms with van der Waals surface area (Å²) in [5, 5.41) is 7.99. The minimum absolute atomic E-state index is 0.409. The third-order valence-electron chi connectivity index (χ3n) is 4.72. The number of aromatic nitrogens is 4. The number of anilines is 3. The van der Waals surface area contributed by atoms with Crippen molar-refractivity contribution in [1.29, 1.82) is 0 Å². The summed E-state index contributed by atoms with van der Waals surface area (Å²) >= 11 is 6.15. The summed E-state index contributed by atoms with van der Waals surface area (Å²) in [6.07, 6.45) is 3.70. The standard InChI is InChI=1S/C22H21ClN6O/c1-14-20(16-6-9-18(23)19(12-16)30-2)27-22(28-21(14)24)26-17-7-4-15(5-8-17)13-29-11-3-10-25-29/h3-12H,13H2,1-2H3,(H3,24,26,27,28). The summed E-state index contributed by atoms with van der Waals surface area (Å²) in [4.78, 5) is 9.05. The van der Waals surface area contributed by atoms with Gasteiger partial charge in [0.25, 0.3) is 0 Å². The number of nitrogens with zero attached hydrogens (tertiary/aromatic N) is 4. The number of nitrogens with two attached hydrogens (primary N) is 1. The van der Waals surface area contributed by atoms with Gasteiger partial charge in [0.15, 0.2) is 0 Å². The molecule has 8 heteroatoms. The number of nitrogens with one attached hydrogen (secondary N) is 1. The van der Waals surface area contributed by atoms with Crippen LogP contribution in [0.5, 0.6) is 5.75 Å². The van der Waals surface area contributed by atoms with E-state index < -0.39 is 0 Å². The number of rotatable bonds is 6. The third-order valence-corrected chi connectivity index (χ3v) is 5.03. The molecule has 0 fully saturated rings. The molecular weight excluding hydrogens is 400 g/mol. The van der Waals surface area contributed by atoms with E-state index in [0.29, 0.717) is 29.1 Å². The first-order valence-electron chi connectivity index (χ1n) is 9.35. The molecule has 3 N–H and O–H groups in total. The van der Waals surface area contributed by atoms with Gasteiger partial charge < -0.3 is 15.8 Å². The lowest BCUT2D eigenvalue weighted by atomic mass is 10.1. The second-order valence-corrected chi connectivity index (χ2v) is 7.19. The van der Waals surface area contributed by atoms with Gasteiger partial charge in [-0.15, -0.1) is 0 Å². The molecule has 2 heterocycles. The zero-order chi connectivity index (χ0) is 21.1. The molecule has 7 nitrogen and oxygen atoms in total. The zero-order valence-electron chi connectivity index (χ0n) is 16.6. The van der Waals surface area contributed by atoms with Crippen LogP contribution in [0.25, 0.3) is 11.3 Å². The normalized spacial score (nSPS) is 10.8. The number of hydrogen-bond acceptors (Lipinski definition) is 6. The highest BCUT2D eigenvalue weighted by Gasteiger charge is 2.13. The average molecular weight is 421 g/mol. The van der Waals surface area contributed by atoms with Crippen LogP contribution in [0.4, 0.5) is 17.5 Å². The van der Waals surface area contributed by atoms with Crippen LogP contribution in [0.2, 0.25) is 5.02 Å². The van der Waals surface area contributed by atoms with Gasteiger partial charge in [0, 0.05) is 29.2 Å². The van der Waals surface area contributed by atoms with Crippen molar-refractivity contribution in [2.45, 2.75) is 13.5 Å². The van der Waals surface area contributed by atoms with E-state index in [-0.39, 0.29) is 0 Å². The Kier molecular flexibility index (Phi) is 5.54. The highest BCUT2D eigenvalue weighted by atomic mass is 35.5. The molecule has 2 aromatic carbocycles. The van der Waals surface area contributed by atoms with Crippen LogP contribution in [0.3, 0.4) is 0 Å². The Morgan fingerprint density at radius 2 is 1.93 bits per heavy atom. The predicted molar refractivity (Wildman–Crippen MR) is 119 cm³/mol. The van der Waals surface area contributed by atoms with Crippen molar-refractivity contribution in [2.75, 3.05) is 18.2 Å². The molecule has 0 saturated carbocycles.